The van der Waals surface area contributed by atoms with Crippen LogP contribution in [0.2, 0.25) is 0 Å². The molecule has 0 spiro atoms. The number of nitrogens with one attached hydrogen (secondary N) is 1. The topological polar surface area (TPSA) is 32.3 Å². The fourth-order valence-electron chi connectivity index (χ4n) is 1.29. The van der Waals surface area contributed by atoms with E-state index in [-0.39, 0.29) is 6.03 Å². The van der Waals surface area contributed by atoms with Crippen LogP contribution >= 0.6 is 0 Å². The first-order valence-electron chi connectivity index (χ1n) is 4.35. The van der Waals surface area contributed by atoms with E-state index in [1.54, 1.807) is 0 Å². The number of amides is 2. The number of hydrogen-bond donors (Lipinski definition) is 1. The van der Waals surface area contributed by atoms with Crippen LogP contribution in [0.5, 0.6) is 0 Å². The Balaban J connectivity index is 2.64. The van der Waals surface area contributed by atoms with Gasteiger partial charge in [0, 0.05) is 20.0 Å². The van der Waals surface area contributed by atoms with Crippen LogP contribution in [0.25, 0.3) is 0 Å². The predicted octanol–water partition coefficient (Wildman–Crippen LogP) is 1.45. The molecule has 1 fully saturated rings. The van der Waals surface area contributed by atoms with Gasteiger partial charge in [-0.25, -0.2) is 13.6 Å². The molecule has 13 heavy (non-hydrogen) atoms. The molecule has 0 bridgehead atoms. The Morgan fingerprint density at radius 2 is 2.23 bits per heavy atom. The van der Waals surface area contributed by atoms with Crippen LogP contribution < -0.4 is 5.32 Å². The second kappa shape index (κ2) is 3.47. The Morgan fingerprint density at radius 1 is 1.62 bits per heavy atom. The third kappa shape index (κ3) is 2.29. The van der Waals surface area contributed by atoms with Gasteiger partial charge < -0.3 is 10.2 Å². The van der Waals surface area contributed by atoms with Crippen LogP contribution in [0.15, 0.2) is 0 Å². The molecular weight excluding hydrogens is 178 g/mol. The Hall–Kier alpha value is -0.870. The lowest BCUT2D eigenvalue weighted by molar-refractivity contribution is -0.0486. The minimum Gasteiger partial charge on any atom is -0.338 e. The molecule has 76 valence electrons. The molecule has 1 aliphatic rings. The van der Waals surface area contributed by atoms with Gasteiger partial charge in [0.2, 0.25) is 0 Å². The second-order valence-corrected chi connectivity index (χ2v) is 3.41. The number of halogens is 2. The first-order valence-corrected chi connectivity index (χ1v) is 4.35. The molecule has 1 N–H and O–H groups in total. The zero-order valence-electron chi connectivity index (χ0n) is 7.81. The zero-order chi connectivity index (χ0) is 10.1. The highest BCUT2D eigenvalue weighted by Gasteiger charge is 2.37. The molecule has 1 rings (SSSR count). The molecule has 1 aliphatic heterocycles. The van der Waals surface area contributed by atoms with E-state index in [1.165, 1.54) is 11.8 Å². The lowest BCUT2D eigenvalue weighted by Gasteiger charge is -2.35. The van der Waals surface area contributed by atoms with Crippen molar-refractivity contribution in [1.82, 2.24) is 10.2 Å². The third-order valence-electron chi connectivity index (χ3n) is 2.31. The van der Waals surface area contributed by atoms with Crippen molar-refractivity contribution in [2.75, 3.05) is 13.1 Å². The number of alkyl halides is 2. The number of carbonyl (C=O) groups is 1. The highest BCUT2D eigenvalue weighted by atomic mass is 19.3. The minimum absolute atomic E-state index is 0.389. The van der Waals surface area contributed by atoms with E-state index in [1.807, 2.05) is 0 Å². The Labute approximate surface area is 76.1 Å². The molecule has 3 nitrogen and oxygen atoms in total. The quantitative estimate of drug-likeness (QED) is 0.705. The van der Waals surface area contributed by atoms with Crippen molar-refractivity contribution in [3.63, 3.8) is 0 Å². The van der Waals surface area contributed by atoms with Crippen LogP contribution in [-0.2, 0) is 0 Å². The third-order valence-corrected chi connectivity index (χ3v) is 2.31. The molecule has 0 radical (unpaired) electrons. The summed E-state index contributed by atoms with van der Waals surface area (Å²) in [4.78, 5) is 12.3. The summed E-state index contributed by atoms with van der Waals surface area (Å²) in [6, 6.07) is -1.42. The molecule has 2 amide bonds. The second-order valence-electron chi connectivity index (χ2n) is 3.41. The van der Waals surface area contributed by atoms with E-state index < -0.39 is 12.0 Å². The van der Waals surface area contributed by atoms with Gasteiger partial charge in [0.05, 0.1) is 6.04 Å². The fraction of sp³-hybridized carbons (Fsp3) is 0.875. The van der Waals surface area contributed by atoms with Crippen molar-refractivity contribution in [2.45, 2.75) is 32.2 Å². The molecule has 0 aliphatic carbocycles. The fourth-order valence-corrected chi connectivity index (χ4v) is 1.29. The lowest BCUT2D eigenvalue weighted by atomic mass is 10.1. The van der Waals surface area contributed by atoms with E-state index in [0.717, 1.165) is 13.3 Å². The van der Waals surface area contributed by atoms with Gasteiger partial charge in [-0.1, -0.05) is 0 Å². The maximum absolute atomic E-state index is 12.9. The van der Waals surface area contributed by atoms with E-state index in [0.29, 0.717) is 13.1 Å². The van der Waals surface area contributed by atoms with Crippen molar-refractivity contribution in [3.8, 4) is 0 Å². The number of hydrogen-bond acceptors (Lipinski definition) is 1. The number of carbonyl (C=O) groups excluding carboxylic acids is 1. The highest BCUT2D eigenvalue weighted by Crippen LogP contribution is 2.23. The normalized spacial score (nSPS) is 21.2. The van der Waals surface area contributed by atoms with Crippen molar-refractivity contribution < 1.29 is 13.6 Å². The van der Waals surface area contributed by atoms with Gasteiger partial charge in [-0.2, -0.15) is 0 Å². The molecule has 1 saturated heterocycles. The van der Waals surface area contributed by atoms with Gasteiger partial charge >= 0.3 is 6.03 Å². The smallest absolute Gasteiger partial charge is 0.317 e. The lowest BCUT2D eigenvalue weighted by Crippen LogP contribution is -2.55. The summed E-state index contributed by atoms with van der Waals surface area (Å²) in [6.45, 7) is 3.19. The van der Waals surface area contributed by atoms with Crippen LogP contribution in [0, 0.1) is 0 Å². The van der Waals surface area contributed by atoms with Gasteiger partial charge in [-0.05, 0) is 13.3 Å². The number of rotatable bonds is 2. The molecule has 0 saturated carbocycles. The van der Waals surface area contributed by atoms with Crippen molar-refractivity contribution in [2.24, 2.45) is 0 Å². The minimum atomic E-state index is -2.84. The van der Waals surface area contributed by atoms with Gasteiger partial charge in [0.15, 0.2) is 0 Å². The zero-order valence-corrected chi connectivity index (χ0v) is 7.81. The molecule has 0 aromatic rings. The molecule has 1 unspecified atom stereocenters. The summed E-state index contributed by atoms with van der Waals surface area (Å²) in [7, 11) is 0. The summed E-state index contributed by atoms with van der Waals surface area (Å²) in [5.41, 5.74) is 0. The predicted molar refractivity (Wildman–Crippen MR) is 44.8 cm³/mol. The number of nitrogens with zero attached hydrogens (tertiary/aromatic N) is 1. The van der Waals surface area contributed by atoms with Crippen molar-refractivity contribution >= 4 is 6.03 Å². The first-order chi connectivity index (χ1) is 5.93. The summed E-state index contributed by atoms with van der Waals surface area (Å²) in [5, 5.41) is 2.54. The summed E-state index contributed by atoms with van der Waals surface area (Å²) >= 11 is 0. The molecule has 0 aromatic carbocycles. The van der Waals surface area contributed by atoms with Crippen LogP contribution in [-0.4, -0.2) is 36.0 Å². The molecule has 5 heteroatoms. The van der Waals surface area contributed by atoms with Gasteiger partial charge in [0.1, 0.15) is 0 Å². The van der Waals surface area contributed by atoms with E-state index in [9.17, 15) is 13.6 Å². The van der Waals surface area contributed by atoms with Crippen LogP contribution in [0.4, 0.5) is 13.6 Å². The Morgan fingerprint density at radius 3 is 2.69 bits per heavy atom. The van der Waals surface area contributed by atoms with Crippen molar-refractivity contribution in [1.29, 1.82) is 0 Å². The molecular formula is C8H14F2N2O. The monoisotopic (exact) mass is 192 g/mol. The standard InChI is InChI=1S/C8H14F2N2O/c1-6(8(2,9)10)12-5-3-4-11-7(12)13/h6H,3-5H2,1-2H3,(H,11,13). The maximum atomic E-state index is 12.9. The van der Waals surface area contributed by atoms with E-state index in [2.05, 4.69) is 5.32 Å². The molecule has 0 aromatic heterocycles. The average molecular weight is 192 g/mol. The molecule has 1 heterocycles. The summed E-state index contributed by atoms with van der Waals surface area (Å²) < 4.78 is 25.7. The molecule has 1 atom stereocenters. The maximum Gasteiger partial charge on any atom is 0.317 e. The SMILES string of the molecule is CC(N1CCCNC1=O)C(C)(F)F. The van der Waals surface area contributed by atoms with E-state index >= 15 is 0 Å². The van der Waals surface area contributed by atoms with E-state index in [4.69, 9.17) is 0 Å². The Kier molecular flexibility index (Phi) is 2.73. The van der Waals surface area contributed by atoms with Crippen molar-refractivity contribution in [3.05, 3.63) is 0 Å². The number of urea groups is 1. The first kappa shape index (κ1) is 10.2. The van der Waals surface area contributed by atoms with Gasteiger partial charge in [-0.15, -0.1) is 0 Å². The van der Waals surface area contributed by atoms with Crippen LogP contribution in [0.1, 0.15) is 20.3 Å². The van der Waals surface area contributed by atoms with Gasteiger partial charge in [-0.3, -0.25) is 0 Å². The summed E-state index contributed by atoms with van der Waals surface area (Å²) in [6.07, 6.45) is 0.728. The Bertz CT molecular complexity index is 203. The van der Waals surface area contributed by atoms with Gasteiger partial charge in [0.25, 0.3) is 5.92 Å². The summed E-state index contributed by atoms with van der Waals surface area (Å²) in [5.74, 6) is -2.84. The van der Waals surface area contributed by atoms with Crippen LogP contribution in [0.3, 0.4) is 0 Å². The highest BCUT2D eigenvalue weighted by molar-refractivity contribution is 5.75. The average Bonchev–Trinajstić information content (AvgIpc) is 2.02. The largest absolute Gasteiger partial charge is 0.338 e.